The quantitative estimate of drug-likeness (QED) is 0.234. The van der Waals surface area contributed by atoms with Crippen LogP contribution in [0.4, 0.5) is 23.2 Å². The van der Waals surface area contributed by atoms with Crippen LogP contribution in [0.2, 0.25) is 0 Å². The highest BCUT2D eigenvalue weighted by Crippen LogP contribution is 2.33. The predicted octanol–water partition coefficient (Wildman–Crippen LogP) is 5.39. The third-order valence-electron chi connectivity index (χ3n) is 6.59. The number of aromatic nitrogens is 4. The van der Waals surface area contributed by atoms with E-state index >= 15 is 0 Å². The predicted molar refractivity (Wildman–Crippen MR) is 149 cm³/mol. The van der Waals surface area contributed by atoms with Crippen LogP contribution in [0.3, 0.4) is 0 Å². The van der Waals surface area contributed by atoms with Gasteiger partial charge in [0.2, 0.25) is 21.8 Å². The van der Waals surface area contributed by atoms with Crippen molar-refractivity contribution in [1.29, 1.82) is 0 Å². The zero-order valence-corrected chi connectivity index (χ0v) is 23.7. The van der Waals surface area contributed by atoms with Gasteiger partial charge in [0.25, 0.3) is 0 Å². The van der Waals surface area contributed by atoms with Crippen LogP contribution < -0.4 is 14.2 Å². The van der Waals surface area contributed by atoms with Gasteiger partial charge in [0.1, 0.15) is 23.8 Å². The first-order chi connectivity index (χ1) is 20.5. The molecule has 1 aliphatic heterocycles. The Morgan fingerprint density at radius 3 is 2.51 bits per heavy atom. The monoisotopic (exact) mass is 621 g/mol. The molecule has 0 aliphatic carbocycles. The highest BCUT2D eigenvalue weighted by molar-refractivity contribution is 7.92. The first kappa shape index (κ1) is 30.2. The lowest BCUT2D eigenvalue weighted by molar-refractivity contribution is -0.106. The number of anilines is 1. The molecule has 0 unspecified atom stereocenters. The van der Waals surface area contributed by atoms with Crippen LogP contribution in [0.5, 0.6) is 11.8 Å². The lowest BCUT2D eigenvalue weighted by atomic mass is 10.1. The van der Waals surface area contributed by atoms with Gasteiger partial charge in [-0.25, -0.2) is 22.8 Å². The lowest BCUT2D eigenvalue weighted by Crippen LogP contribution is -2.28. The van der Waals surface area contributed by atoms with E-state index in [2.05, 4.69) is 15.1 Å². The summed E-state index contributed by atoms with van der Waals surface area (Å²) in [5.41, 5.74) is 1.91. The van der Waals surface area contributed by atoms with Gasteiger partial charge < -0.3 is 14.2 Å². The fraction of sp³-hybridized carbons (Fsp3) is 0.321. The van der Waals surface area contributed by atoms with E-state index in [0.29, 0.717) is 13.2 Å². The van der Waals surface area contributed by atoms with Crippen LogP contribution in [-0.2, 0) is 21.4 Å². The second-order valence-corrected chi connectivity index (χ2v) is 11.4. The minimum Gasteiger partial charge on any atom is -0.480 e. The minimum absolute atomic E-state index is 0.0224. The molecule has 4 heterocycles. The first-order valence-corrected chi connectivity index (χ1v) is 14.8. The van der Waals surface area contributed by atoms with E-state index in [-0.39, 0.29) is 35.7 Å². The van der Waals surface area contributed by atoms with Crippen molar-refractivity contribution in [2.45, 2.75) is 31.7 Å². The molecule has 0 saturated carbocycles. The molecule has 3 aromatic heterocycles. The molecule has 0 bridgehead atoms. The highest BCUT2D eigenvalue weighted by Gasteiger charge is 2.35. The van der Waals surface area contributed by atoms with Crippen LogP contribution in [0.15, 0.2) is 60.9 Å². The second kappa shape index (κ2) is 12.6. The smallest absolute Gasteiger partial charge is 0.404 e. The first-order valence-electron chi connectivity index (χ1n) is 13.1. The summed E-state index contributed by atoms with van der Waals surface area (Å²) in [5.74, 6) is -3.18. The number of halogens is 4. The number of ether oxygens (including phenoxy) is 3. The zero-order valence-electron chi connectivity index (χ0n) is 22.8. The van der Waals surface area contributed by atoms with Crippen molar-refractivity contribution in [2.24, 2.45) is 0 Å². The average molecular weight is 622 g/mol. The molecule has 15 heteroatoms. The van der Waals surface area contributed by atoms with Gasteiger partial charge in [0, 0.05) is 42.2 Å². The number of alkyl halides is 3. The molecule has 1 aliphatic rings. The highest BCUT2D eigenvalue weighted by atomic mass is 32.2. The van der Waals surface area contributed by atoms with E-state index in [4.69, 9.17) is 14.2 Å². The van der Waals surface area contributed by atoms with Crippen molar-refractivity contribution >= 4 is 15.7 Å². The number of methoxy groups -OCH3 is 1. The SMILES string of the molecule is COc1ncc(-c2nc(OCc3cnn(C4CCOCC4)c3-c3ccccc3)ccc2F)cc1NS(=O)(=O)CC(F)(F)F. The van der Waals surface area contributed by atoms with Gasteiger partial charge in [-0.15, -0.1) is 0 Å². The van der Waals surface area contributed by atoms with E-state index < -0.39 is 33.5 Å². The minimum atomic E-state index is -4.98. The summed E-state index contributed by atoms with van der Waals surface area (Å²) in [7, 11) is -3.71. The molecule has 228 valence electrons. The summed E-state index contributed by atoms with van der Waals surface area (Å²) in [6.45, 7) is 1.33. The molecule has 0 radical (unpaired) electrons. The number of sulfonamides is 1. The van der Waals surface area contributed by atoms with E-state index in [1.54, 1.807) is 10.9 Å². The van der Waals surface area contributed by atoms with Crippen molar-refractivity contribution in [3.8, 4) is 34.3 Å². The summed E-state index contributed by atoms with van der Waals surface area (Å²) in [6, 6.07) is 13.4. The number of nitrogens with zero attached hydrogens (tertiary/aromatic N) is 4. The van der Waals surface area contributed by atoms with Crippen molar-refractivity contribution in [3.63, 3.8) is 0 Å². The summed E-state index contributed by atoms with van der Waals surface area (Å²) in [6.07, 6.45) is -0.481. The number of hydrogen-bond acceptors (Lipinski definition) is 8. The number of nitrogens with one attached hydrogen (secondary N) is 1. The molecular formula is C28H27F4N5O5S. The van der Waals surface area contributed by atoms with Crippen LogP contribution in [-0.4, -0.2) is 60.4 Å². The third-order valence-corrected chi connectivity index (χ3v) is 7.83. The maximum atomic E-state index is 14.9. The Labute approximate surface area is 244 Å². The van der Waals surface area contributed by atoms with Gasteiger partial charge in [-0.05, 0) is 25.0 Å². The van der Waals surface area contributed by atoms with E-state index in [1.165, 1.54) is 6.07 Å². The maximum absolute atomic E-state index is 14.9. The molecule has 1 fully saturated rings. The molecule has 0 amide bonds. The molecule has 0 atom stereocenters. The van der Waals surface area contributed by atoms with Gasteiger partial charge in [-0.2, -0.15) is 18.3 Å². The lowest BCUT2D eigenvalue weighted by Gasteiger charge is -2.24. The third kappa shape index (κ3) is 7.40. The standard InChI is InChI=1S/C28H27F4N5O5S/c1-40-27-23(36-43(38,39)17-28(30,31)32)13-19(14-33-27)25-22(29)7-8-24(35-25)42-16-20-15-34-37(21-9-11-41-12-10-21)26(20)18-5-3-2-4-6-18/h2-8,13-15,21,36H,9-12,16-17H2,1H3. The second-order valence-electron chi connectivity index (χ2n) is 9.70. The fourth-order valence-corrected chi connectivity index (χ4v) is 5.70. The molecule has 4 aromatic rings. The number of hydrogen-bond donors (Lipinski definition) is 1. The van der Waals surface area contributed by atoms with Crippen LogP contribution >= 0.6 is 0 Å². The van der Waals surface area contributed by atoms with Gasteiger partial charge >= 0.3 is 6.18 Å². The Balaban J connectivity index is 1.41. The Hall–Kier alpha value is -4.24. The molecule has 0 spiro atoms. The van der Waals surface area contributed by atoms with Crippen LogP contribution in [0.25, 0.3) is 22.5 Å². The van der Waals surface area contributed by atoms with Gasteiger partial charge in [0.15, 0.2) is 5.75 Å². The summed E-state index contributed by atoms with van der Waals surface area (Å²) >= 11 is 0. The molecule has 10 nitrogen and oxygen atoms in total. The molecule has 1 saturated heterocycles. The van der Waals surface area contributed by atoms with Gasteiger partial charge in [0.05, 0.1) is 25.0 Å². The van der Waals surface area contributed by atoms with Crippen LogP contribution in [0, 0.1) is 5.82 Å². The van der Waals surface area contributed by atoms with Crippen molar-refractivity contribution in [1.82, 2.24) is 19.7 Å². The van der Waals surface area contributed by atoms with Gasteiger partial charge in [-0.3, -0.25) is 9.40 Å². The molecule has 1 N–H and O–H groups in total. The molecule has 43 heavy (non-hydrogen) atoms. The van der Waals surface area contributed by atoms with E-state index in [9.17, 15) is 26.0 Å². The van der Waals surface area contributed by atoms with E-state index in [1.807, 2.05) is 35.0 Å². The Bertz CT molecular complexity index is 1680. The molecule has 5 rings (SSSR count). The summed E-state index contributed by atoms with van der Waals surface area (Å²) < 4.78 is 97.5. The Morgan fingerprint density at radius 2 is 1.81 bits per heavy atom. The fourth-order valence-electron chi connectivity index (χ4n) is 4.72. The normalized spacial score (nSPS) is 14.4. The summed E-state index contributed by atoms with van der Waals surface area (Å²) in [5, 5.41) is 4.64. The largest absolute Gasteiger partial charge is 0.480 e. The number of benzene rings is 1. The molecule has 1 aromatic carbocycles. The van der Waals surface area contributed by atoms with E-state index in [0.717, 1.165) is 55.1 Å². The van der Waals surface area contributed by atoms with Crippen molar-refractivity contribution < 1.29 is 40.2 Å². The van der Waals surface area contributed by atoms with Gasteiger partial charge in [-0.1, -0.05) is 30.3 Å². The Kier molecular flexibility index (Phi) is 8.82. The van der Waals surface area contributed by atoms with Crippen molar-refractivity contribution in [2.75, 3.05) is 30.8 Å². The maximum Gasteiger partial charge on any atom is 0.404 e. The number of pyridine rings is 2. The average Bonchev–Trinajstić information content (AvgIpc) is 3.40. The molecular weight excluding hydrogens is 594 g/mol. The topological polar surface area (TPSA) is 117 Å². The van der Waals surface area contributed by atoms with Crippen molar-refractivity contribution in [3.05, 3.63) is 72.3 Å². The number of rotatable bonds is 10. The summed E-state index contributed by atoms with van der Waals surface area (Å²) in [4.78, 5) is 8.14. The zero-order chi connectivity index (χ0) is 30.6. The van der Waals surface area contributed by atoms with Crippen LogP contribution in [0.1, 0.15) is 24.4 Å². The Morgan fingerprint density at radius 1 is 1.07 bits per heavy atom.